The lowest BCUT2D eigenvalue weighted by Gasteiger charge is -2.23. The summed E-state index contributed by atoms with van der Waals surface area (Å²) < 4.78 is 0. The molecule has 0 heterocycles. The van der Waals surface area contributed by atoms with E-state index >= 15 is 0 Å². The van der Waals surface area contributed by atoms with Crippen LogP contribution in [0, 0.1) is 41.5 Å². The summed E-state index contributed by atoms with van der Waals surface area (Å²) in [7, 11) is 0. The van der Waals surface area contributed by atoms with E-state index in [9.17, 15) is 0 Å². The molecule has 0 amide bonds. The summed E-state index contributed by atoms with van der Waals surface area (Å²) in [5, 5.41) is 0.568. The van der Waals surface area contributed by atoms with Gasteiger partial charge >= 0.3 is 0 Å². The van der Waals surface area contributed by atoms with Crippen LogP contribution in [0.4, 0.5) is 0 Å². The van der Waals surface area contributed by atoms with E-state index in [1.807, 2.05) is 18.2 Å². The van der Waals surface area contributed by atoms with E-state index in [0.29, 0.717) is 0 Å². The minimum absolute atomic E-state index is 0.165. The number of hydrogen-bond acceptors (Lipinski definition) is 0. The van der Waals surface area contributed by atoms with Crippen LogP contribution in [0.1, 0.15) is 49.9 Å². The van der Waals surface area contributed by atoms with Crippen LogP contribution in [0.2, 0.25) is 5.02 Å². The molecule has 0 N–H and O–H groups in total. The van der Waals surface area contributed by atoms with Gasteiger partial charge in [-0.2, -0.15) is 0 Å². The molecule has 0 saturated carbocycles. The number of halogens is 2. The predicted octanol–water partition coefficient (Wildman–Crippen LogP) is 6.52. The van der Waals surface area contributed by atoms with Crippen LogP contribution >= 0.6 is 23.2 Å². The van der Waals surface area contributed by atoms with E-state index in [2.05, 4.69) is 41.5 Å². The molecular formula is C19H22Cl2. The largest absolute Gasteiger partial charge is 0.113 e. The first-order valence-electron chi connectivity index (χ1n) is 7.22. The SMILES string of the molecule is Cc1ccc(Cl)cc1C(Cl)c1c(C)c(C)c(C)c(C)c1C. The fraction of sp³-hybridized carbons (Fsp3) is 0.368. The predicted molar refractivity (Wildman–Crippen MR) is 94.0 cm³/mol. The lowest BCUT2D eigenvalue weighted by molar-refractivity contribution is 1.03. The first-order valence-corrected chi connectivity index (χ1v) is 8.04. The van der Waals surface area contributed by atoms with Crippen molar-refractivity contribution in [3.63, 3.8) is 0 Å². The maximum absolute atomic E-state index is 6.86. The van der Waals surface area contributed by atoms with Crippen molar-refractivity contribution in [3.05, 3.63) is 67.7 Å². The monoisotopic (exact) mass is 320 g/mol. The van der Waals surface area contributed by atoms with E-state index in [4.69, 9.17) is 23.2 Å². The molecule has 0 fully saturated rings. The Labute approximate surface area is 138 Å². The Hall–Kier alpha value is -0.980. The molecule has 0 spiro atoms. The summed E-state index contributed by atoms with van der Waals surface area (Å²) in [6.07, 6.45) is 0. The van der Waals surface area contributed by atoms with E-state index in [0.717, 1.165) is 10.6 Å². The molecule has 0 aliphatic heterocycles. The molecule has 0 nitrogen and oxygen atoms in total. The van der Waals surface area contributed by atoms with Crippen LogP contribution in [0.5, 0.6) is 0 Å². The zero-order valence-electron chi connectivity index (χ0n) is 13.6. The Morgan fingerprint density at radius 3 is 1.76 bits per heavy atom. The highest BCUT2D eigenvalue weighted by molar-refractivity contribution is 6.31. The lowest BCUT2D eigenvalue weighted by Crippen LogP contribution is -2.07. The van der Waals surface area contributed by atoms with Gasteiger partial charge in [0.2, 0.25) is 0 Å². The van der Waals surface area contributed by atoms with Gasteiger partial charge < -0.3 is 0 Å². The third-order valence-electron chi connectivity index (χ3n) is 4.83. The molecule has 2 aromatic carbocycles. The number of rotatable bonds is 2. The van der Waals surface area contributed by atoms with Crippen LogP contribution in [0.15, 0.2) is 18.2 Å². The van der Waals surface area contributed by atoms with Gasteiger partial charge in [0.05, 0.1) is 5.38 Å². The van der Waals surface area contributed by atoms with Crippen molar-refractivity contribution < 1.29 is 0 Å². The fourth-order valence-corrected chi connectivity index (χ4v) is 3.69. The van der Waals surface area contributed by atoms with Gasteiger partial charge in [-0.05, 0) is 98.2 Å². The maximum Gasteiger partial charge on any atom is 0.0843 e. The van der Waals surface area contributed by atoms with Gasteiger partial charge in [-0.1, -0.05) is 17.7 Å². The summed E-state index contributed by atoms with van der Waals surface area (Å²) in [6.45, 7) is 12.9. The topological polar surface area (TPSA) is 0 Å². The van der Waals surface area contributed by atoms with Crippen molar-refractivity contribution in [3.8, 4) is 0 Å². The summed E-state index contributed by atoms with van der Waals surface area (Å²) >= 11 is 13.0. The van der Waals surface area contributed by atoms with Crippen LogP contribution in [-0.2, 0) is 0 Å². The number of hydrogen-bond donors (Lipinski definition) is 0. The zero-order chi connectivity index (χ0) is 15.9. The van der Waals surface area contributed by atoms with Crippen LogP contribution in [0.25, 0.3) is 0 Å². The van der Waals surface area contributed by atoms with Gasteiger partial charge in [0, 0.05) is 5.02 Å². The third kappa shape index (κ3) is 2.84. The quantitative estimate of drug-likeness (QED) is 0.552. The molecule has 0 aliphatic rings. The Morgan fingerprint density at radius 2 is 1.24 bits per heavy atom. The highest BCUT2D eigenvalue weighted by atomic mass is 35.5. The fourth-order valence-electron chi connectivity index (χ4n) is 2.95. The second-order valence-electron chi connectivity index (χ2n) is 5.90. The molecule has 1 atom stereocenters. The highest BCUT2D eigenvalue weighted by Crippen LogP contribution is 2.39. The van der Waals surface area contributed by atoms with Gasteiger partial charge in [0.25, 0.3) is 0 Å². The van der Waals surface area contributed by atoms with Crippen LogP contribution in [-0.4, -0.2) is 0 Å². The molecule has 1 unspecified atom stereocenters. The first kappa shape index (κ1) is 16.4. The molecular weight excluding hydrogens is 299 g/mol. The van der Waals surface area contributed by atoms with Gasteiger partial charge in [-0.15, -0.1) is 11.6 Å². The number of alkyl halides is 1. The van der Waals surface area contributed by atoms with Crippen molar-refractivity contribution >= 4 is 23.2 Å². The van der Waals surface area contributed by atoms with Crippen LogP contribution < -0.4 is 0 Å². The second-order valence-corrected chi connectivity index (χ2v) is 6.78. The van der Waals surface area contributed by atoms with E-state index in [1.54, 1.807) is 0 Å². The first-order chi connectivity index (χ1) is 9.75. The standard InChI is InChI=1S/C19H22Cl2/c1-10-7-8-16(20)9-17(10)19(21)18-14(5)12(3)11(2)13(4)15(18)6/h7-9,19H,1-6H3. The molecule has 2 aromatic rings. The Kier molecular flexibility index (Phi) is 4.70. The Balaban J connectivity index is 2.69. The molecule has 0 aromatic heterocycles. The van der Waals surface area contributed by atoms with Gasteiger partial charge in [-0.25, -0.2) is 0 Å². The van der Waals surface area contributed by atoms with Crippen molar-refractivity contribution in [2.45, 2.75) is 46.9 Å². The molecule has 0 aliphatic carbocycles. The smallest absolute Gasteiger partial charge is 0.0843 e. The average Bonchev–Trinajstić information content (AvgIpc) is 2.45. The average molecular weight is 321 g/mol. The Bertz CT molecular complexity index is 670. The maximum atomic E-state index is 6.86. The summed E-state index contributed by atoms with van der Waals surface area (Å²) in [4.78, 5) is 0. The van der Waals surface area contributed by atoms with Crippen LogP contribution in [0.3, 0.4) is 0 Å². The molecule has 0 radical (unpaired) electrons. The highest BCUT2D eigenvalue weighted by Gasteiger charge is 2.21. The summed E-state index contributed by atoms with van der Waals surface area (Å²) in [5.41, 5.74) is 10.1. The zero-order valence-corrected chi connectivity index (χ0v) is 15.1. The molecule has 0 bridgehead atoms. The van der Waals surface area contributed by atoms with E-state index in [-0.39, 0.29) is 5.38 Å². The normalized spacial score (nSPS) is 12.6. The minimum Gasteiger partial charge on any atom is -0.113 e. The number of aryl methyl sites for hydroxylation is 1. The lowest BCUT2D eigenvalue weighted by atomic mass is 9.86. The molecule has 0 saturated heterocycles. The minimum atomic E-state index is -0.165. The van der Waals surface area contributed by atoms with Gasteiger partial charge in [0.15, 0.2) is 0 Å². The van der Waals surface area contributed by atoms with E-state index in [1.165, 1.54) is 38.9 Å². The molecule has 2 heteroatoms. The van der Waals surface area contributed by atoms with Crippen molar-refractivity contribution in [2.75, 3.05) is 0 Å². The molecule has 2 rings (SSSR count). The molecule has 112 valence electrons. The van der Waals surface area contributed by atoms with Crippen molar-refractivity contribution in [1.82, 2.24) is 0 Å². The van der Waals surface area contributed by atoms with Gasteiger partial charge in [-0.3, -0.25) is 0 Å². The Morgan fingerprint density at radius 1 is 0.762 bits per heavy atom. The number of benzene rings is 2. The van der Waals surface area contributed by atoms with Gasteiger partial charge in [0.1, 0.15) is 0 Å². The van der Waals surface area contributed by atoms with Crippen molar-refractivity contribution in [2.24, 2.45) is 0 Å². The second kappa shape index (κ2) is 6.02. The third-order valence-corrected chi connectivity index (χ3v) is 5.51. The summed E-state index contributed by atoms with van der Waals surface area (Å²) in [6, 6.07) is 5.93. The molecule has 21 heavy (non-hydrogen) atoms. The van der Waals surface area contributed by atoms with Crippen molar-refractivity contribution in [1.29, 1.82) is 0 Å². The summed E-state index contributed by atoms with van der Waals surface area (Å²) in [5.74, 6) is 0. The van der Waals surface area contributed by atoms with E-state index < -0.39 is 0 Å².